The van der Waals surface area contributed by atoms with E-state index in [1.807, 2.05) is 0 Å². The van der Waals surface area contributed by atoms with E-state index < -0.39 is 23.5 Å². The van der Waals surface area contributed by atoms with Crippen LogP contribution in [0, 0.1) is 5.82 Å². The molecular weight excluding hydrogens is 470 g/mol. The van der Waals surface area contributed by atoms with Crippen molar-refractivity contribution in [1.29, 1.82) is 0 Å². The summed E-state index contributed by atoms with van der Waals surface area (Å²) in [5.74, 6) is -1.95. The molecule has 1 aliphatic rings. The maximum atomic E-state index is 13.7. The van der Waals surface area contributed by atoms with Crippen LogP contribution in [0.2, 0.25) is 5.02 Å². The van der Waals surface area contributed by atoms with Crippen LogP contribution in [0.1, 0.15) is 22.3 Å². The molecule has 2 heterocycles. The number of benzene rings is 1. The predicted octanol–water partition coefficient (Wildman–Crippen LogP) is 5.11. The Bertz CT molecular complexity index is 905. The number of pyridine rings is 1. The van der Waals surface area contributed by atoms with Gasteiger partial charge in [0, 0.05) is 6.61 Å². The molecule has 2 aromatic rings. The maximum Gasteiger partial charge on any atom is 0.420 e. The minimum Gasteiger partial charge on any atom is -0.379 e. The Labute approximate surface area is 170 Å². The van der Waals surface area contributed by atoms with E-state index in [9.17, 15) is 22.4 Å². The molecule has 3 rings (SSSR count). The van der Waals surface area contributed by atoms with Crippen molar-refractivity contribution in [2.24, 2.45) is 0 Å². The molecule has 0 bridgehead atoms. The number of carbonyl (C=O) groups is 1. The molecular formula is C17H13BrClF4N3O2. The molecule has 11 heteroatoms. The fraction of sp³-hybridized carbons (Fsp3) is 0.294. The highest BCUT2D eigenvalue weighted by Crippen LogP contribution is 2.36. The van der Waals surface area contributed by atoms with E-state index in [0.29, 0.717) is 13.0 Å². The molecule has 0 radical (unpaired) electrons. The first-order valence-electron chi connectivity index (χ1n) is 8.02. The molecule has 1 unspecified atom stereocenters. The highest BCUT2D eigenvalue weighted by molar-refractivity contribution is 9.10. The standard InChI is InChI=1S/C17H13BrClF4N3O2/c18-12-5-13(19)10(4-14(12)20)16(27)26-9-3-11(17(21,22)23)15(24-6-9)25-8-1-2-28-7-8/h3-6,8H,1-2,7H2,(H,24,25)(H,26,27). The normalized spacial score (nSPS) is 16.9. The molecule has 1 fully saturated rings. The van der Waals surface area contributed by atoms with Crippen molar-refractivity contribution in [3.8, 4) is 0 Å². The smallest absolute Gasteiger partial charge is 0.379 e. The van der Waals surface area contributed by atoms with Gasteiger partial charge in [-0.15, -0.1) is 0 Å². The van der Waals surface area contributed by atoms with Gasteiger partial charge in [-0.1, -0.05) is 11.6 Å². The van der Waals surface area contributed by atoms with E-state index in [4.69, 9.17) is 16.3 Å². The number of nitrogens with zero attached hydrogens (tertiary/aromatic N) is 1. The number of ether oxygens (including phenoxy) is 1. The van der Waals surface area contributed by atoms with Gasteiger partial charge in [-0.3, -0.25) is 4.79 Å². The second-order valence-electron chi connectivity index (χ2n) is 6.02. The minimum absolute atomic E-state index is 0.0568. The van der Waals surface area contributed by atoms with Crippen LogP contribution in [-0.4, -0.2) is 30.1 Å². The number of rotatable bonds is 4. The quantitative estimate of drug-likeness (QED) is 0.470. The van der Waals surface area contributed by atoms with E-state index in [1.165, 1.54) is 6.07 Å². The first-order valence-corrected chi connectivity index (χ1v) is 9.19. The molecule has 5 nitrogen and oxygen atoms in total. The van der Waals surface area contributed by atoms with Crippen LogP contribution < -0.4 is 10.6 Å². The average molecular weight is 483 g/mol. The Kier molecular flexibility index (Phi) is 6.11. The summed E-state index contributed by atoms with van der Waals surface area (Å²) in [5.41, 5.74) is -1.46. The van der Waals surface area contributed by atoms with E-state index in [-0.39, 0.29) is 39.2 Å². The number of aromatic nitrogens is 1. The van der Waals surface area contributed by atoms with Gasteiger partial charge in [0.15, 0.2) is 0 Å². The summed E-state index contributed by atoms with van der Waals surface area (Å²) < 4.78 is 59.1. The van der Waals surface area contributed by atoms with Gasteiger partial charge >= 0.3 is 6.18 Å². The second-order valence-corrected chi connectivity index (χ2v) is 7.28. The van der Waals surface area contributed by atoms with Crippen molar-refractivity contribution in [1.82, 2.24) is 4.98 Å². The largest absolute Gasteiger partial charge is 0.420 e. The van der Waals surface area contributed by atoms with Crippen LogP contribution in [0.15, 0.2) is 28.9 Å². The van der Waals surface area contributed by atoms with Gasteiger partial charge in [0.1, 0.15) is 11.6 Å². The molecule has 1 aromatic heterocycles. The molecule has 1 saturated heterocycles. The van der Waals surface area contributed by atoms with Crippen molar-refractivity contribution in [2.45, 2.75) is 18.6 Å². The SMILES string of the molecule is O=C(Nc1cnc(NC2CCOC2)c(C(F)(F)F)c1)c1cc(F)c(Br)cc1Cl. The number of alkyl halides is 3. The zero-order valence-corrected chi connectivity index (χ0v) is 16.4. The van der Waals surface area contributed by atoms with Crippen molar-refractivity contribution >= 4 is 44.9 Å². The molecule has 0 aliphatic carbocycles. The summed E-state index contributed by atoms with van der Waals surface area (Å²) >= 11 is 8.84. The average Bonchev–Trinajstić information content (AvgIpc) is 3.11. The Hall–Kier alpha value is -1.91. The third kappa shape index (κ3) is 4.73. The van der Waals surface area contributed by atoms with Crippen LogP contribution in [-0.2, 0) is 10.9 Å². The number of amides is 1. The lowest BCUT2D eigenvalue weighted by Gasteiger charge is -2.18. The molecule has 1 atom stereocenters. The molecule has 1 aliphatic heterocycles. The van der Waals surface area contributed by atoms with Crippen LogP contribution in [0.3, 0.4) is 0 Å². The molecule has 150 valence electrons. The molecule has 2 N–H and O–H groups in total. The topological polar surface area (TPSA) is 63.2 Å². The number of nitrogens with one attached hydrogen (secondary N) is 2. The van der Waals surface area contributed by atoms with Gasteiger partial charge in [0.25, 0.3) is 5.91 Å². The third-order valence-corrected chi connectivity index (χ3v) is 4.90. The molecule has 0 saturated carbocycles. The summed E-state index contributed by atoms with van der Waals surface area (Å²) in [7, 11) is 0. The molecule has 0 spiro atoms. The zero-order chi connectivity index (χ0) is 20.5. The summed E-state index contributed by atoms with van der Waals surface area (Å²) in [4.78, 5) is 16.1. The zero-order valence-electron chi connectivity index (χ0n) is 14.0. The Morgan fingerprint density at radius 1 is 1.32 bits per heavy atom. The van der Waals surface area contributed by atoms with Gasteiger partial charge in [0.2, 0.25) is 0 Å². The number of anilines is 2. The number of carbonyl (C=O) groups excluding carboxylic acids is 1. The first-order chi connectivity index (χ1) is 13.1. The van der Waals surface area contributed by atoms with Gasteiger partial charge in [0.05, 0.1) is 45.2 Å². The number of hydrogen-bond acceptors (Lipinski definition) is 4. The lowest BCUT2D eigenvalue weighted by atomic mass is 10.1. The fourth-order valence-corrected chi connectivity index (χ4v) is 3.33. The third-order valence-electron chi connectivity index (χ3n) is 3.98. The first kappa shape index (κ1) is 20.8. The summed E-state index contributed by atoms with van der Waals surface area (Å²) in [6.45, 7) is 0.739. The van der Waals surface area contributed by atoms with E-state index >= 15 is 0 Å². The van der Waals surface area contributed by atoms with Crippen molar-refractivity contribution in [3.63, 3.8) is 0 Å². The number of halogens is 6. The highest BCUT2D eigenvalue weighted by atomic mass is 79.9. The van der Waals surface area contributed by atoms with Crippen molar-refractivity contribution < 1.29 is 27.1 Å². The van der Waals surface area contributed by atoms with Crippen LogP contribution >= 0.6 is 27.5 Å². The maximum absolute atomic E-state index is 13.7. The van der Waals surface area contributed by atoms with E-state index in [2.05, 4.69) is 31.5 Å². The van der Waals surface area contributed by atoms with Gasteiger partial charge < -0.3 is 15.4 Å². The minimum atomic E-state index is -4.70. The molecule has 28 heavy (non-hydrogen) atoms. The number of hydrogen-bond donors (Lipinski definition) is 2. The monoisotopic (exact) mass is 481 g/mol. The predicted molar refractivity (Wildman–Crippen MR) is 99.1 cm³/mol. The Balaban J connectivity index is 1.86. The van der Waals surface area contributed by atoms with Crippen LogP contribution in [0.25, 0.3) is 0 Å². The highest BCUT2D eigenvalue weighted by Gasteiger charge is 2.36. The van der Waals surface area contributed by atoms with Crippen LogP contribution in [0.5, 0.6) is 0 Å². The van der Waals surface area contributed by atoms with Crippen molar-refractivity contribution in [3.05, 3.63) is 50.8 Å². The van der Waals surface area contributed by atoms with E-state index in [0.717, 1.165) is 18.3 Å². The summed E-state index contributed by atoms with van der Waals surface area (Å²) in [6, 6.07) is 2.54. The lowest BCUT2D eigenvalue weighted by Crippen LogP contribution is -2.23. The van der Waals surface area contributed by atoms with Gasteiger partial charge in [-0.05, 0) is 40.5 Å². The molecule has 1 aromatic carbocycles. The van der Waals surface area contributed by atoms with Gasteiger partial charge in [-0.2, -0.15) is 13.2 Å². The Morgan fingerprint density at radius 2 is 2.07 bits per heavy atom. The Morgan fingerprint density at radius 3 is 2.71 bits per heavy atom. The molecule has 1 amide bonds. The van der Waals surface area contributed by atoms with Crippen molar-refractivity contribution in [2.75, 3.05) is 23.8 Å². The van der Waals surface area contributed by atoms with E-state index in [1.54, 1.807) is 0 Å². The van der Waals surface area contributed by atoms with Crippen LogP contribution in [0.4, 0.5) is 29.1 Å². The summed E-state index contributed by atoms with van der Waals surface area (Å²) in [5, 5.41) is 4.90. The van der Waals surface area contributed by atoms with Gasteiger partial charge in [-0.25, -0.2) is 9.37 Å². The summed E-state index contributed by atoms with van der Waals surface area (Å²) in [6.07, 6.45) is -3.06. The second kappa shape index (κ2) is 8.22. The lowest BCUT2D eigenvalue weighted by molar-refractivity contribution is -0.137. The fourth-order valence-electron chi connectivity index (χ4n) is 2.60.